The van der Waals surface area contributed by atoms with Crippen molar-refractivity contribution in [3.05, 3.63) is 82.8 Å². The first-order valence-electron chi connectivity index (χ1n) is 13.4. The Kier molecular flexibility index (Phi) is 6.00. The van der Waals surface area contributed by atoms with Gasteiger partial charge in [0.05, 0.1) is 34.5 Å². The number of aryl methyl sites for hydroxylation is 2. The number of hydrogen-bond donors (Lipinski definition) is 0. The van der Waals surface area contributed by atoms with Gasteiger partial charge in [0, 0.05) is 23.9 Å². The number of piperidine rings is 1. The minimum atomic E-state index is -0.0282. The summed E-state index contributed by atoms with van der Waals surface area (Å²) in [6.45, 7) is 8.55. The molecule has 5 heterocycles. The van der Waals surface area contributed by atoms with Crippen molar-refractivity contribution in [2.24, 2.45) is 5.92 Å². The highest BCUT2D eigenvalue weighted by Gasteiger charge is 2.31. The Labute approximate surface area is 213 Å². The van der Waals surface area contributed by atoms with E-state index in [-0.39, 0.29) is 5.91 Å². The van der Waals surface area contributed by atoms with Crippen LogP contribution in [0.2, 0.25) is 0 Å². The van der Waals surface area contributed by atoms with Crippen molar-refractivity contribution >= 4 is 17.0 Å². The highest BCUT2D eigenvalue weighted by molar-refractivity contribution is 6.00. The molecule has 1 aliphatic carbocycles. The molecule has 0 N–H and O–H groups in total. The molecule has 2 aromatic rings. The van der Waals surface area contributed by atoms with Gasteiger partial charge >= 0.3 is 0 Å². The quantitative estimate of drug-likeness (QED) is 0.589. The van der Waals surface area contributed by atoms with E-state index >= 15 is 0 Å². The van der Waals surface area contributed by atoms with Gasteiger partial charge in [-0.3, -0.25) is 14.7 Å². The average molecular weight is 482 g/mol. The lowest BCUT2D eigenvalue weighted by molar-refractivity contribution is -0.122. The number of hydrogen-bond acceptors (Lipinski definition) is 4. The molecule has 6 rings (SSSR count). The van der Waals surface area contributed by atoms with Crippen molar-refractivity contribution in [1.82, 2.24) is 24.4 Å². The van der Waals surface area contributed by atoms with Crippen LogP contribution >= 0.6 is 0 Å². The monoisotopic (exact) mass is 481 g/mol. The number of nitrogens with zero attached hydrogens (tertiary/aromatic N) is 5. The maximum Gasteiger partial charge on any atom is 0.255 e. The van der Waals surface area contributed by atoms with Crippen LogP contribution in [0.3, 0.4) is 0 Å². The number of aromatic nitrogens is 3. The fourth-order valence-electron chi connectivity index (χ4n) is 5.98. The van der Waals surface area contributed by atoms with Crippen molar-refractivity contribution in [3.8, 4) is 0 Å². The predicted octanol–water partition coefficient (Wildman–Crippen LogP) is 5.37. The molecule has 0 unspecified atom stereocenters. The Balaban J connectivity index is 1.28. The summed E-state index contributed by atoms with van der Waals surface area (Å²) < 4.78 is 1.89. The molecule has 0 bridgehead atoms. The first-order valence-corrected chi connectivity index (χ1v) is 13.4. The van der Waals surface area contributed by atoms with E-state index in [2.05, 4.69) is 36.0 Å². The average Bonchev–Trinajstić information content (AvgIpc) is 3.25. The van der Waals surface area contributed by atoms with Crippen LogP contribution in [0.1, 0.15) is 63.0 Å². The highest BCUT2D eigenvalue weighted by atomic mass is 16.2. The van der Waals surface area contributed by atoms with Crippen LogP contribution in [0.4, 0.5) is 0 Å². The number of allylic oxidation sites excluding steroid dienone is 7. The Morgan fingerprint density at radius 2 is 1.89 bits per heavy atom. The molecule has 0 aromatic carbocycles. The van der Waals surface area contributed by atoms with E-state index < -0.39 is 0 Å². The molecule has 6 nitrogen and oxygen atoms in total. The fourth-order valence-corrected chi connectivity index (χ4v) is 5.98. The van der Waals surface area contributed by atoms with Gasteiger partial charge in [0.1, 0.15) is 0 Å². The molecule has 1 saturated heterocycles. The third-order valence-electron chi connectivity index (χ3n) is 8.25. The molecule has 1 amide bonds. The summed E-state index contributed by atoms with van der Waals surface area (Å²) in [5.74, 6) is 0.483. The van der Waals surface area contributed by atoms with Gasteiger partial charge in [-0.25, -0.2) is 4.52 Å². The van der Waals surface area contributed by atoms with Gasteiger partial charge in [-0.2, -0.15) is 5.10 Å². The SMILES string of the molecule is CCc1nc(C)cn2nc(C3=CC(=O)N4C=C(C5CCN(C6CCC6)CC5)C=C(C)/C4=C\C=C3)cc12. The van der Waals surface area contributed by atoms with Gasteiger partial charge in [0.2, 0.25) is 0 Å². The van der Waals surface area contributed by atoms with Crippen molar-refractivity contribution in [2.75, 3.05) is 13.1 Å². The van der Waals surface area contributed by atoms with Crippen LogP contribution in [0.5, 0.6) is 0 Å². The van der Waals surface area contributed by atoms with E-state index in [1.807, 2.05) is 46.8 Å². The summed E-state index contributed by atoms with van der Waals surface area (Å²) in [6, 6.07) is 2.86. The first kappa shape index (κ1) is 23.2. The minimum absolute atomic E-state index is 0.0282. The van der Waals surface area contributed by atoms with Gasteiger partial charge in [0.25, 0.3) is 5.91 Å². The van der Waals surface area contributed by atoms with Gasteiger partial charge in [-0.1, -0.05) is 31.6 Å². The highest BCUT2D eigenvalue weighted by Crippen LogP contribution is 2.36. The lowest BCUT2D eigenvalue weighted by atomic mass is 9.84. The van der Waals surface area contributed by atoms with Crippen LogP contribution in [-0.4, -0.2) is 49.4 Å². The second-order valence-electron chi connectivity index (χ2n) is 10.6. The van der Waals surface area contributed by atoms with E-state index in [1.165, 1.54) is 50.8 Å². The third kappa shape index (κ3) is 4.17. The maximum absolute atomic E-state index is 13.6. The Bertz CT molecular complexity index is 1360. The summed E-state index contributed by atoms with van der Waals surface area (Å²) >= 11 is 0. The molecule has 1 saturated carbocycles. The van der Waals surface area contributed by atoms with E-state index in [4.69, 9.17) is 5.10 Å². The number of likely N-dealkylation sites (tertiary alicyclic amines) is 1. The van der Waals surface area contributed by atoms with Gasteiger partial charge < -0.3 is 4.90 Å². The summed E-state index contributed by atoms with van der Waals surface area (Å²) in [5.41, 5.74) is 7.93. The number of rotatable bonds is 4. The lowest BCUT2D eigenvalue weighted by Crippen LogP contribution is -2.45. The number of carbonyl (C=O) groups is 1. The van der Waals surface area contributed by atoms with Crippen molar-refractivity contribution in [1.29, 1.82) is 0 Å². The van der Waals surface area contributed by atoms with E-state index in [0.29, 0.717) is 5.92 Å². The van der Waals surface area contributed by atoms with E-state index in [9.17, 15) is 4.79 Å². The standard InChI is InChI=1S/C30H35N5O/c1-4-26-29-17-27(32-35(29)18-21(3)31-26)23-7-5-10-28-20(2)15-24(19-34(28)30(36)16-23)22-11-13-33(14-12-22)25-8-6-9-25/h5,7,10,15-19,22,25H,4,6,8-9,11-14H2,1-3H3/b7-5?,23-16?,28-10+. The zero-order valence-corrected chi connectivity index (χ0v) is 21.6. The number of amides is 1. The molecule has 3 aliphatic heterocycles. The second kappa shape index (κ2) is 9.32. The Morgan fingerprint density at radius 3 is 2.61 bits per heavy atom. The van der Waals surface area contributed by atoms with Gasteiger partial charge in [0.15, 0.2) is 0 Å². The zero-order chi connectivity index (χ0) is 24.8. The molecule has 0 spiro atoms. The zero-order valence-electron chi connectivity index (χ0n) is 21.6. The van der Waals surface area contributed by atoms with Crippen LogP contribution in [0.15, 0.2) is 65.7 Å². The van der Waals surface area contributed by atoms with Crippen molar-refractivity contribution in [3.63, 3.8) is 0 Å². The summed E-state index contributed by atoms with van der Waals surface area (Å²) in [7, 11) is 0. The molecular weight excluding hydrogens is 446 g/mol. The summed E-state index contributed by atoms with van der Waals surface area (Å²) in [5, 5.41) is 4.79. The minimum Gasteiger partial charge on any atom is -0.300 e. The molecule has 6 heteroatoms. The summed E-state index contributed by atoms with van der Waals surface area (Å²) in [4.78, 5) is 22.8. The molecule has 2 fully saturated rings. The summed E-state index contributed by atoms with van der Waals surface area (Å²) in [6.07, 6.45) is 21.4. The largest absolute Gasteiger partial charge is 0.300 e. The topological polar surface area (TPSA) is 53.7 Å². The number of fused-ring (bicyclic) bond motifs is 2. The smallest absolute Gasteiger partial charge is 0.255 e. The van der Waals surface area contributed by atoms with Crippen LogP contribution in [-0.2, 0) is 11.2 Å². The van der Waals surface area contributed by atoms with Crippen molar-refractivity contribution in [2.45, 2.75) is 65.3 Å². The van der Waals surface area contributed by atoms with Crippen molar-refractivity contribution < 1.29 is 4.79 Å². The van der Waals surface area contributed by atoms with E-state index in [1.54, 1.807) is 6.08 Å². The van der Waals surface area contributed by atoms with Crippen LogP contribution in [0, 0.1) is 12.8 Å². The molecule has 2 aromatic heterocycles. The Morgan fingerprint density at radius 1 is 1.08 bits per heavy atom. The maximum atomic E-state index is 13.6. The molecule has 36 heavy (non-hydrogen) atoms. The first-order chi connectivity index (χ1) is 17.5. The number of carbonyl (C=O) groups excluding carboxylic acids is 1. The van der Waals surface area contributed by atoms with Crippen LogP contribution in [0.25, 0.3) is 11.1 Å². The normalized spacial score (nSPS) is 23.3. The molecule has 0 atom stereocenters. The van der Waals surface area contributed by atoms with Gasteiger partial charge in [-0.15, -0.1) is 0 Å². The third-order valence-corrected chi connectivity index (χ3v) is 8.25. The molecular formula is C30H35N5O. The molecule has 4 aliphatic rings. The fraction of sp³-hybridized carbons (Fsp3) is 0.433. The van der Waals surface area contributed by atoms with Gasteiger partial charge in [-0.05, 0) is 88.2 Å². The lowest BCUT2D eigenvalue weighted by Gasteiger charge is -2.42. The molecule has 0 radical (unpaired) electrons. The van der Waals surface area contributed by atoms with Crippen LogP contribution < -0.4 is 0 Å². The predicted molar refractivity (Wildman–Crippen MR) is 143 cm³/mol. The molecule has 186 valence electrons. The Hall–Kier alpha value is -3.25. The van der Waals surface area contributed by atoms with E-state index in [0.717, 1.165) is 51.9 Å². The second-order valence-corrected chi connectivity index (χ2v) is 10.6.